The molecular weight excluding hydrogens is 340 g/mol. The normalized spacial score (nSPS) is 19.3. The third-order valence-corrected chi connectivity index (χ3v) is 3.17. The summed E-state index contributed by atoms with van der Waals surface area (Å²) < 4.78 is 55.0. The summed E-state index contributed by atoms with van der Waals surface area (Å²) in [5, 5.41) is 4.99. The Balaban J connectivity index is 0.00000264. The molecule has 1 aliphatic heterocycles. The summed E-state index contributed by atoms with van der Waals surface area (Å²) in [6, 6.07) is 5.39. The molecule has 1 amide bonds. The van der Waals surface area contributed by atoms with Crippen molar-refractivity contribution in [2.24, 2.45) is 0 Å². The zero-order valence-corrected chi connectivity index (χ0v) is 12.8. The van der Waals surface area contributed by atoms with Gasteiger partial charge in [0, 0.05) is 13.0 Å². The van der Waals surface area contributed by atoms with Crippen LogP contribution >= 0.6 is 12.4 Å². The molecule has 0 saturated carbocycles. The lowest BCUT2D eigenvalue weighted by atomic mass is 10.1. The van der Waals surface area contributed by atoms with Crippen molar-refractivity contribution in [1.82, 2.24) is 10.6 Å². The Morgan fingerprint density at radius 3 is 2.78 bits per heavy atom. The molecule has 0 aliphatic carbocycles. The van der Waals surface area contributed by atoms with Gasteiger partial charge < -0.3 is 10.1 Å². The number of amides is 1. The van der Waals surface area contributed by atoms with Gasteiger partial charge in [0.15, 0.2) is 0 Å². The predicted octanol–water partition coefficient (Wildman–Crippen LogP) is 2.37. The van der Waals surface area contributed by atoms with Crippen LogP contribution in [0, 0.1) is 0 Å². The lowest BCUT2D eigenvalue weighted by molar-refractivity contribution is -0.123. The van der Waals surface area contributed by atoms with E-state index in [9.17, 15) is 22.4 Å². The number of carbonyl (C=O) groups is 1. The minimum absolute atomic E-state index is 0. The molecule has 1 heterocycles. The summed E-state index contributed by atoms with van der Waals surface area (Å²) in [5.74, 6) is -3.13. The Labute approximate surface area is 137 Å². The molecular formula is C14H17ClF4N2O2. The van der Waals surface area contributed by atoms with Gasteiger partial charge >= 0.3 is 0 Å². The number of halogens is 5. The predicted molar refractivity (Wildman–Crippen MR) is 78.4 cm³/mol. The van der Waals surface area contributed by atoms with E-state index < -0.39 is 43.9 Å². The molecule has 9 heteroatoms. The van der Waals surface area contributed by atoms with E-state index in [-0.39, 0.29) is 24.7 Å². The highest BCUT2D eigenvalue weighted by Gasteiger charge is 2.42. The zero-order valence-electron chi connectivity index (χ0n) is 12.0. The number of nitrogens with one attached hydrogen (secondary N) is 2. The Morgan fingerprint density at radius 2 is 2.17 bits per heavy atom. The van der Waals surface area contributed by atoms with Crippen LogP contribution in [0.15, 0.2) is 24.3 Å². The minimum atomic E-state index is -2.87. The van der Waals surface area contributed by atoms with Crippen LogP contribution in [-0.2, 0) is 11.3 Å². The van der Waals surface area contributed by atoms with Crippen molar-refractivity contribution in [2.75, 3.05) is 13.2 Å². The highest BCUT2D eigenvalue weighted by Crippen LogP contribution is 2.25. The first-order valence-corrected chi connectivity index (χ1v) is 6.74. The van der Waals surface area contributed by atoms with Gasteiger partial charge in [0.05, 0.1) is 12.6 Å². The zero-order chi connectivity index (χ0) is 16.2. The van der Waals surface area contributed by atoms with Crippen molar-refractivity contribution in [3.05, 3.63) is 29.8 Å². The van der Waals surface area contributed by atoms with Crippen molar-refractivity contribution in [2.45, 2.75) is 31.4 Å². The number of carbonyl (C=O) groups excluding carboxylic acids is 1. The summed E-state index contributed by atoms with van der Waals surface area (Å²) in [6.45, 7) is -1.12. The van der Waals surface area contributed by atoms with Crippen LogP contribution < -0.4 is 15.4 Å². The molecule has 1 unspecified atom stereocenters. The second-order valence-corrected chi connectivity index (χ2v) is 5.06. The van der Waals surface area contributed by atoms with E-state index in [1.807, 2.05) is 0 Å². The molecule has 4 nitrogen and oxygen atoms in total. The Morgan fingerprint density at radius 1 is 1.43 bits per heavy atom. The molecule has 2 rings (SSSR count). The standard InChI is InChI=1S/C14H16F4N2O2.ClH/c15-12(16)7-22-10-3-1-2-9(4-10)6-19-13(21)11-5-14(17,18)8-20-11;/h1-4,11-12,20H,5-8H2,(H,19,21);1H. The highest BCUT2D eigenvalue weighted by molar-refractivity contribution is 5.85. The van der Waals surface area contributed by atoms with Crippen LogP contribution in [0.1, 0.15) is 12.0 Å². The number of hydrogen-bond donors (Lipinski definition) is 2. The number of benzene rings is 1. The van der Waals surface area contributed by atoms with Gasteiger partial charge in [0.25, 0.3) is 12.3 Å². The lowest BCUT2D eigenvalue weighted by Gasteiger charge is -2.12. The van der Waals surface area contributed by atoms with Gasteiger partial charge in [-0.3, -0.25) is 10.1 Å². The fourth-order valence-electron chi connectivity index (χ4n) is 2.12. The number of rotatable bonds is 6. The van der Waals surface area contributed by atoms with Crippen molar-refractivity contribution in [3.8, 4) is 5.75 Å². The summed E-state index contributed by atoms with van der Waals surface area (Å²) in [5.41, 5.74) is 0.630. The largest absolute Gasteiger partial charge is 0.488 e. The summed E-state index contributed by atoms with van der Waals surface area (Å²) >= 11 is 0. The number of ether oxygens (including phenoxy) is 1. The molecule has 1 saturated heterocycles. The first-order chi connectivity index (χ1) is 10.4. The van der Waals surface area contributed by atoms with E-state index >= 15 is 0 Å². The third kappa shape index (κ3) is 6.23. The molecule has 1 fully saturated rings. The second kappa shape index (κ2) is 8.35. The summed E-state index contributed by atoms with van der Waals surface area (Å²) in [7, 11) is 0. The second-order valence-electron chi connectivity index (χ2n) is 5.06. The molecule has 23 heavy (non-hydrogen) atoms. The monoisotopic (exact) mass is 356 g/mol. The molecule has 1 aromatic carbocycles. The Bertz CT molecular complexity index is 531. The van der Waals surface area contributed by atoms with E-state index in [2.05, 4.69) is 10.6 Å². The average Bonchev–Trinajstić information content (AvgIpc) is 2.83. The Hall–Kier alpha value is -1.54. The number of hydrogen-bond acceptors (Lipinski definition) is 3. The highest BCUT2D eigenvalue weighted by atomic mass is 35.5. The van der Waals surface area contributed by atoms with E-state index in [0.29, 0.717) is 5.56 Å². The van der Waals surface area contributed by atoms with E-state index in [0.717, 1.165) is 0 Å². The fourth-order valence-corrected chi connectivity index (χ4v) is 2.12. The number of alkyl halides is 4. The van der Waals surface area contributed by atoms with Gasteiger partial charge in [-0.15, -0.1) is 12.4 Å². The van der Waals surface area contributed by atoms with Crippen molar-refractivity contribution in [1.29, 1.82) is 0 Å². The fraction of sp³-hybridized carbons (Fsp3) is 0.500. The van der Waals surface area contributed by atoms with E-state index in [1.165, 1.54) is 12.1 Å². The van der Waals surface area contributed by atoms with Crippen molar-refractivity contribution in [3.63, 3.8) is 0 Å². The molecule has 2 N–H and O–H groups in total. The van der Waals surface area contributed by atoms with Gasteiger partial charge in [0.2, 0.25) is 5.91 Å². The van der Waals surface area contributed by atoms with Gasteiger partial charge in [-0.05, 0) is 17.7 Å². The van der Waals surface area contributed by atoms with Crippen LogP contribution in [0.2, 0.25) is 0 Å². The average molecular weight is 357 g/mol. The third-order valence-electron chi connectivity index (χ3n) is 3.17. The molecule has 1 aliphatic rings. The van der Waals surface area contributed by atoms with Crippen LogP contribution in [0.4, 0.5) is 17.6 Å². The quantitative estimate of drug-likeness (QED) is 0.769. The molecule has 130 valence electrons. The maximum absolute atomic E-state index is 13.0. The van der Waals surface area contributed by atoms with E-state index in [4.69, 9.17) is 4.74 Å². The van der Waals surface area contributed by atoms with Gasteiger partial charge in [-0.2, -0.15) is 0 Å². The summed E-state index contributed by atoms with van der Waals surface area (Å²) in [4.78, 5) is 11.8. The molecule has 0 aromatic heterocycles. The SMILES string of the molecule is Cl.O=C(NCc1cccc(OCC(F)F)c1)C1CC(F)(F)CN1. The van der Waals surface area contributed by atoms with Crippen LogP contribution in [0.25, 0.3) is 0 Å². The molecule has 1 atom stereocenters. The van der Waals surface area contributed by atoms with Crippen LogP contribution in [0.3, 0.4) is 0 Å². The maximum atomic E-state index is 13.0. The van der Waals surface area contributed by atoms with Crippen LogP contribution in [0.5, 0.6) is 5.75 Å². The molecule has 0 bridgehead atoms. The lowest BCUT2D eigenvalue weighted by Crippen LogP contribution is -2.40. The van der Waals surface area contributed by atoms with Crippen molar-refractivity contribution >= 4 is 18.3 Å². The van der Waals surface area contributed by atoms with Gasteiger partial charge in [0.1, 0.15) is 12.4 Å². The Kier molecular flexibility index (Phi) is 7.08. The summed E-state index contributed by atoms with van der Waals surface area (Å²) in [6.07, 6.45) is -3.10. The first kappa shape index (κ1) is 19.5. The molecule has 1 aromatic rings. The smallest absolute Gasteiger partial charge is 0.272 e. The molecule has 0 spiro atoms. The maximum Gasteiger partial charge on any atom is 0.272 e. The van der Waals surface area contributed by atoms with Crippen LogP contribution in [-0.4, -0.2) is 37.4 Å². The topological polar surface area (TPSA) is 50.4 Å². The van der Waals surface area contributed by atoms with E-state index in [1.54, 1.807) is 12.1 Å². The molecule has 0 radical (unpaired) electrons. The van der Waals surface area contributed by atoms with Gasteiger partial charge in [-0.1, -0.05) is 12.1 Å². The van der Waals surface area contributed by atoms with Gasteiger partial charge in [-0.25, -0.2) is 17.6 Å². The van der Waals surface area contributed by atoms with Crippen molar-refractivity contribution < 1.29 is 27.1 Å². The minimum Gasteiger partial charge on any atom is -0.488 e. The first-order valence-electron chi connectivity index (χ1n) is 6.74.